The number of ether oxygens (including phenoxy) is 2. The molecule has 3 aliphatic heterocycles. The van der Waals surface area contributed by atoms with E-state index in [4.69, 9.17) is 39.0 Å². The van der Waals surface area contributed by atoms with E-state index in [1.807, 2.05) is 0 Å². The number of nitrogen functional groups attached to an aromatic ring is 2. The maximum atomic E-state index is 12.7. The van der Waals surface area contributed by atoms with Gasteiger partial charge >= 0.3 is 23.5 Å². The van der Waals surface area contributed by atoms with Crippen molar-refractivity contribution in [3.63, 3.8) is 0 Å². The zero-order valence-corrected chi connectivity index (χ0v) is 31.6. The summed E-state index contributed by atoms with van der Waals surface area (Å²) in [6.07, 6.45) is -13.6. The lowest BCUT2D eigenvalue weighted by Crippen LogP contribution is -2.45. The second-order valence-electron chi connectivity index (χ2n) is 12.6. The number of nitrogens with zero attached hydrogens (tertiary/aromatic N) is 6. The Morgan fingerprint density at radius 2 is 1.35 bits per heavy atom. The summed E-state index contributed by atoms with van der Waals surface area (Å²) in [5, 5.41) is 42.4. The number of phosphoric ester groups is 3. The molecule has 318 valence electrons. The summed E-state index contributed by atoms with van der Waals surface area (Å²) in [5.74, 6) is -0.520. The Bertz CT molecular complexity index is 2220. The average Bonchev–Trinajstić information content (AvgIpc) is 3.83. The third-order valence-electron chi connectivity index (χ3n) is 8.56. The lowest BCUT2D eigenvalue weighted by atomic mass is 10.1. The Hall–Kier alpha value is -3.48. The zero-order valence-electron chi connectivity index (χ0n) is 29.0. The molecule has 30 nitrogen and oxygen atoms in total. The third-order valence-corrected chi connectivity index (χ3v) is 11.0. The number of aromatic amines is 2. The summed E-state index contributed by atoms with van der Waals surface area (Å²) >= 11 is 0. The van der Waals surface area contributed by atoms with Crippen LogP contribution in [0.1, 0.15) is 6.23 Å². The standard InChI is InChI=1S/C24H37N10O20P3/c1-32-7-34(18-12(32)20(40)31-24(26)29-18)22-16(38)14(36)10(53-22)5-51-57(46,47)49-3-8(54-55(41,42)43)2-48-56(44,45)50-4-9-13(35)15(37)21(52-9)33-6-27-11-17(33)28-23(25)30-19(11)39/h6,8-10,13-16,21-22,35-38H,2-5,7H2,1H3,(H,44,45)(H,46,47)(H2,41,42,43)(H3,25,28,30,39)(H3,26,29,31,40)/t8?,9-,10-,13-,14-,15-,16-,21-,22-/m1/s1. The van der Waals surface area contributed by atoms with Crippen molar-refractivity contribution in [1.82, 2.24) is 29.5 Å². The number of fused-ring (bicyclic) bond motifs is 2. The van der Waals surface area contributed by atoms with E-state index in [2.05, 4.69) is 29.4 Å². The highest BCUT2D eigenvalue weighted by Gasteiger charge is 2.50. The van der Waals surface area contributed by atoms with Crippen LogP contribution in [0.5, 0.6) is 0 Å². The van der Waals surface area contributed by atoms with E-state index in [-0.39, 0.29) is 41.2 Å². The molecule has 2 fully saturated rings. The number of nitrogens with one attached hydrogen (secondary N) is 2. The Morgan fingerprint density at radius 3 is 1.93 bits per heavy atom. The molecule has 0 spiro atoms. The van der Waals surface area contributed by atoms with Crippen LogP contribution in [-0.2, 0) is 45.8 Å². The average molecular weight is 879 g/mol. The van der Waals surface area contributed by atoms with Gasteiger partial charge in [-0.1, -0.05) is 0 Å². The van der Waals surface area contributed by atoms with Gasteiger partial charge in [0.2, 0.25) is 11.9 Å². The molecule has 0 bridgehead atoms. The summed E-state index contributed by atoms with van der Waals surface area (Å²) in [6, 6.07) is 0. The number of H-pyrrole nitrogens is 2. The Labute approximate surface area is 316 Å². The van der Waals surface area contributed by atoms with Gasteiger partial charge in [0.15, 0.2) is 29.4 Å². The Morgan fingerprint density at radius 1 is 0.825 bits per heavy atom. The van der Waals surface area contributed by atoms with E-state index in [9.17, 15) is 63.3 Å². The minimum absolute atomic E-state index is 0.0176. The van der Waals surface area contributed by atoms with Crippen LogP contribution in [0.4, 0.5) is 23.4 Å². The van der Waals surface area contributed by atoms with Gasteiger partial charge in [0.25, 0.3) is 11.1 Å². The lowest BCUT2D eigenvalue weighted by Gasteiger charge is -2.27. The molecule has 3 aromatic heterocycles. The maximum Gasteiger partial charge on any atom is 0.472 e. The van der Waals surface area contributed by atoms with E-state index in [0.29, 0.717) is 0 Å². The van der Waals surface area contributed by atoms with Crippen LogP contribution in [0, 0.1) is 0 Å². The van der Waals surface area contributed by atoms with Crippen LogP contribution >= 0.6 is 23.5 Å². The zero-order chi connectivity index (χ0) is 41.8. The van der Waals surface area contributed by atoms with Gasteiger partial charge in [0.05, 0.1) is 39.4 Å². The highest BCUT2D eigenvalue weighted by molar-refractivity contribution is 7.47. The highest BCUT2D eigenvalue weighted by atomic mass is 31.2. The minimum atomic E-state index is -5.42. The van der Waals surface area contributed by atoms with E-state index in [1.165, 1.54) is 16.8 Å². The highest BCUT2D eigenvalue weighted by Crippen LogP contribution is 2.48. The van der Waals surface area contributed by atoms with Crippen LogP contribution in [0.25, 0.3) is 11.2 Å². The first-order valence-corrected chi connectivity index (χ1v) is 20.7. The molecule has 57 heavy (non-hydrogen) atoms. The van der Waals surface area contributed by atoms with Gasteiger partial charge in [0, 0.05) is 7.05 Å². The topological polar surface area (TPSA) is 446 Å². The van der Waals surface area contributed by atoms with E-state index < -0.39 is 116 Å². The van der Waals surface area contributed by atoms with Crippen molar-refractivity contribution in [1.29, 1.82) is 0 Å². The van der Waals surface area contributed by atoms with Crippen molar-refractivity contribution in [2.45, 2.75) is 55.2 Å². The molecule has 0 radical (unpaired) electrons. The normalized spacial score (nSPS) is 29.1. The van der Waals surface area contributed by atoms with Gasteiger partial charge in [-0.25, -0.2) is 18.7 Å². The number of aliphatic hydroxyl groups is 4. The van der Waals surface area contributed by atoms with Crippen molar-refractivity contribution in [3.05, 3.63) is 27.0 Å². The molecular formula is C24H37N10O20P3. The third kappa shape index (κ3) is 9.54. The second-order valence-corrected chi connectivity index (χ2v) is 16.7. The number of rotatable bonds is 16. The van der Waals surface area contributed by atoms with E-state index in [1.54, 1.807) is 0 Å². The first kappa shape index (κ1) is 43.1. The SMILES string of the molecule is CN1CN([C@@H]2O[C@H](COP(=O)(O)OCC(COP(=O)(O)OC[C@H]3O[C@@H](n4cnc5c(=O)[nH]c(N)nc54)[C@H](O)[C@@H]3O)OP(=O)(O)O)[C@@H](O)[C@H]2O)c2nc(N)[nH]c(=O)c21. The van der Waals surface area contributed by atoms with Crippen molar-refractivity contribution >= 4 is 58.0 Å². The summed E-state index contributed by atoms with van der Waals surface area (Å²) in [4.78, 5) is 82.7. The number of phosphoric acid groups is 3. The van der Waals surface area contributed by atoms with Gasteiger partial charge in [-0.2, -0.15) is 9.97 Å². The van der Waals surface area contributed by atoms with Gasteiger partial charge < -0.3 is 70.7 Å². The fourth-order valence-electron chi connectivity index (χ4n) is 6.00. The van der Waals surface area contributed by atoms with E-state index in [0.717, 1.165) is 10.9 Å². The first-order chi connectivity index (χ1) is 26.5. The predicted molar refractivity (Wildman–Crippen MR) is 185 cm³/mol. The van der Waals surface area contributed by atoms with Crippen molar-refractivity contribution in [2.75, 3.05) is 61.4 Å². The molecular weight excluding hydrogens is 841 g/mol. The monoisotopic (exact) mass is 878 g/mol. The fourth-order valence-corrected chi connectivity index (χ4v) is 8.04. The molecule has 0 aliphatic carbocycles. The van der Waals surface area contributed by atoms with Crippen LogP contribution < -0.4 is 32.4 Å². The van der Waals surface area contributed by atoms with Gasteiger partial charge in [-0.3, -0.25) is 46.7 Å². The molecule has 2 saturated heterocycles. The van der Waals surface area contributed by atoms with E-state index >= 15 is 0 Å². The fraction of sp³-hybridized carbons (Fsp3) is 0.625. The van der Waals surface area contributed by atoms with Crippen molar-refractivity contribution in [2.24, 2.45) is 0 Å². The van der Waals surface area contributed by atoms with Crippen LogP contribution in [0.3, 0.4) is 0 Å². The number of imidazole rings is 1. The summed E-state index contributed by atoms with van der Waals surface area (Å²) < 4.78 is 72.7. The Kier molecular flexibility index (Phi) is 12.3. The van der Waals surface area contributed by atoms with Crippen LogP contribution in [-0.4, -0.2) is 159 Å². The minimum Gasteiger partial charge on any atom is -0.387 e. The molecule has 3 aliphatic rings. The summed E-state index contributed by atoms with van der Waals surface area (Å²) in [6.45, 7) is -4.34. The predicted octanol–water partition coefficient (Wildman–Crippen LogP) is -4.91. The van der Waals surface area contributed by atoms with Crippen molar-refractivity contribution in [3.8, 4) is 0 Å². The van der Waals surface area contributed by atoms with Crippen molar-refractivity contribution < 1.29 is 85.8 Å². The molecule has 0 aromatic carbocycles. The molecule has 0 amide bonds. The smallest absolute Gasteiger partial charge is 0.387 e. The van der Waals surface area contributed by atoms with Gasteiger partial charge in [0.1, 0.15) is 48.4 Å². The number of nitrogens with two attached hydrogens (primary N) is 2. The molecule has 6 rings (SSSR count). The lowest BCUT2D eigenvalue weighted by molar-refractivity contribution is -0.0527. The number of anilines is 4. The molecule has 3 unspecified atom stereocenters. The molecule has 33 heteroatoms. The van der Waals surface area contributed by atoms with Gasteiger partial charge in [-0.15, -0.1) is 0 Å². The number of aliphatic hydroxyl groups excluding tert-OH is 4. The quantitative estimate of drug-likeness (QED) is 0.0600. The molecule has 11 atom stereocenters. The summed E-state index contributed by atoms with van der Waals surface area (Å²) in [5.41, 5.74) is 9.70. The second kappa shape index (κ2) is 16.3. The molecule has 0 saturated carbocycles. The van der Waals surface area contributed by atoms with Gasteiger partial charge in [-0.05, 0) is 0 Å². The maximum absolute atomic E-state index is 12.7. The first-order valence-electron chi connectivity index (χ1n) is 16.1. The van der Waals surface area contributed by atoms with Crippen LogP contribution in [0.15, 0.2) is 15.9 Å². The molecule has 3 aromatic rings. The number of aromatic nitrogens is 6. The molecule has 6 heterocycles. The van der Waals surface area contributed by atoms with Crippen LogP contribution in [0.2, 0.25) is 0 Å². The molecule has 14 N–H and O–H groups in total. The number of hydrogen-bond donors (Lipinski definition) is 12. The Balaban J connectivity index is 1.01. The largest absolute Gasteiger partial charge is 0.472 e. The summed E-state index contributed by atoms with van der Waals surface area (Å²) in [7, 11) is -14.3. The number of hydrogen-bond acceptors (Lipinski definition) is 23.